The minimum atomic E-state index is -0.173. The molecule has 0 aliphatic carbocycles. The van der Waals surface area contributed by atoms with E-state index in [0.29, 0.717) is 28.2 Å². The molecule has 0 saturated heterocycles. The molecule has 8 nitrogen and oxygen atoms in total. The number of methoxy groups -OCH3 is 2. The minimum Gasteiger partial charge on any atom is -0.493 e. The van der Waals surface area contributed by atoms with Crippen molar-refractivity contribution in [2.75, 3.05) is 25.3 Å². The number of hydrogen-bond acceptors (Lipinski definition) is 7. The van der Waals surface area contributed by atoms with Gasteiger partial charge in [-0.15, -0.1) is 10.2 Å². The van der Waals surface area contributed by atoms with Crippen molar-refractivity contribution in [1.82, 2.24) is 19.7 Å². The van der Waals surface area contributed by atoms with Crippen LogP contribution in [-0.4, -0.2) is 45.6 Å². The number of thioether (sulfide) groups is 1. The van der Waals surface area contributed by atoms with Gasteiger partial charge in [-0.2, -0.15) is 0 Å². The van der Waals surface area contributed by atoms with Gasteiger partial charge in [0.25, 0.3) is 0 Å². The van der Waals surface area contributed by atoms with Crippen LogP contribution in [0.1, 0.15) is 0 Å². The Kier molecular flexibility index (Phi) is 6.66. The summed E-state index contributed by atoms with van der Waals surface area (Å²) in [6, 6.07) is 18.8. The number of carbonyl (C=O) groups is 1. The predicted molar refractivity (Wildman–Crippen MR) is 123 cm³/mol. The van der Waals surface area contributed by atoms with Gasteiger partial charge in [0.1, 0.15) is 0 Å². The van der Waals surface area contributed by atoms with Crippen LogP contribution in [0, 0.1) is 0 Å². The summed E-state index contributed by atoms with van der Waals surface area (Å²) in [6.07, 6.45) is 3.45. The average Bonchev–Trinajstić information content (AvgIpc) is 3.28. The molecule has 0 aliphatic heterocycles. The second-order valence-corrected chi connectivity index (χ2v) is 7.57. The second-order valence-electron chi connectivity index (χ2n) is 6.63. The zero-order valence-electron chi connectivity index (χ0n) is 17.6. The van der Waals surface area contributed by atoms with Crippen molar-refractivity contribution >= 4 is 23.4 Å². The number of carbonyl (C=O) groups excluding carboxylic acids is 1. The summed E-state index contributed by atoms with van der Waals surface area (Å²) >= 11 is 1.30. The largest absolute Gasteiger partial charge is 0.493 e. The minimum absolute atomic E-state index is 0.159. The Bertz CT molecular complexity index is 1200. The van der Waals surface area contributed by atoms with Gasteiger partial charge in [0.05, 0.1) is 20.0 Å². The highest BCUT2D eigenvalue weighted by Gasteiger charge is 2.17. The first-order valence-corrected chi connectivity index (χ1v) is 10.7. The lowest BCUT2D eigenvalue weighted by atomic mass is 10.2. The third-order valence-corrected chi connectivity index (χ3v) is 5.50. The van der Waals surface area contributed by atoms with Gasteiger partial charge >= 0.3 is 0 Å². The van der Waals surface area contributed by atoms with Crippen LogP contribution in [0.25, 0.3) is 17.1 Å². The fraction of sp³-hybridized carbons (Fsp3) is 0.130. The molecule has 2 heterocycles. The number of hydrogen-bond donors (Lipinski definition) is 1. The topological polar surface area (TPSA) is 91.2 Å². The lowest BCUT2D eigenvalue weighted by Gasteiger charge is -2.11. The fourth-order valence-electron chi connectivity index (χ4n) is 3.10. The maximum Gasteiger partial charge on any atom is 0.234 e. The number of nitrogens with zero attached hydrogens (tertiary/aromatic N) is 4. The van der Waals surface area contributed by atoms with Crippen LogP contribution in [0.2, 0.25) is 0 Å². The summed E-state index contributed by atoms with van der Waals surface area (Å²) in [6.45, 7) is 0. The van der Waals surface area contributed by atoms with E-state index in [1.54, 1.807) is 44.8 Å². The molecule has 4 aromatic rings. The van der Waals surface area contributed by atoms with E-state index in [1.807, 2.05) is 47.0 Å². The Balaban J connectivity index is 1.53. The van der Waals surface area contributed by atoms with E-state index in [1.165, 1.54) is 11.8 Å². The molecule has 0 atom stereocenters. The van der Waals surface area contributed by atoms with Crippen molar-refractivity contribution in [3.8, 4) is 28.6 Å². The third kappa shape index (κ3) is 4.73. The number of ether oxygens (including phenoxy) is 2. The molecule has 1 amide bonds. The molecule has 162 valence electrons. The number of nitrogens with one attached hydrogen (secondary N) is 1. The number of pyridine rings is 1. The highest BCUT2D eigenvalue weighted by molar-refractivity contribution is 7.99. The van der Waals surface area contributed by atoms with Crippen LogP contribution in [0.15, 0.2) is 78.2 Å². The molecule has 9 heteroatoms. The van der Waals surface area contributed by atoms with E-state index in [4.69, 9.17) is 9.47 Å². The van der Waals surface area contributed by atoms with Gasteiger partial charge in [-0.1, -0.05) is 30.0 Å². The van der Waals surface area contributed by atoms with Crippen molar-refractivity contribution < 1.29 is 14.3 Å². The lowest BCUT2D eigenvalue weighted by Crippen LogP contribution is -2.14. The summed E-state index contributed by atoms with van der Waals surface area (Å²) in [7, 11) is 3.12. The summed E-state index contributed by atoms with van der Waals surface area (Å²) in [5, 5.41) is 12.2. The summed E-state index contributed by atoms with van der Waals surface area (Å²) < 4.78 is 12.4. The van der Waals surface area contributed by atoms with Crippen LogP contribution >= 0.6 is 11.8 Å². The maximum atomic E-state index is 12.6. The van der Waals surface area contributed by atoms with Gasteiger partial charge in [0, 0.05) is 35.4 Å². The van der Waals surface area contributed by atoms with E-state index in [0.717, 1.165) is 11.3 Å². The average molecular weight is 448 g/mol. The van der Waals surface area contributed by atoms with Gasteiger partial charge in [0.2, 0.25) is 5.91 Å². The molecule has 0 spiro atoms. The smallest absolute Gasteiger partial charge is 0.234 e. The number of amides is 1. The van der Waals surface area contributed by atoms with Crippen LogP contribution < -0.4 is 14.8 Å². The van der Waals surface area contributed by atoms with Crippen molar-refractivity contribution in [3.63, 3.8) is 0 Å². The van der Waals surface area contributed by atoms with Crippen molar-refractivity contribution in [2.45, 2.75) is 5.16 Å². The molecule has 2 aromatic heterocycles. The summed E-state index contributed by atoms with van der Waals surface area (Å²) in [5.74, 6) is 1.79. The number of aromatic nitrogens is 4. The van der Waals surface area contributed by atoms with Gasteiger partial charge in [-0.25, -0.2) is 0 Å². The SMILES string of the molecule is COc1ccc(NC(=O)CSc2nnc(-c3cccnc3)n2-c2ccccc2)cc1OC. The van der Waals surface area contributed by atoms with Gasteiger partial charge in [-0.3, -0.25) is 14.3 Å². The van der Waals surface area contributed by atoms with Gasteiger partial charge in [0.15, 0.2) is 22.5 Å². The number of rotatable bonds is 8. The molecule has 32 heavy (non-hydrogen) atoms. The number of benzene rings is 2. The van der Waals surface area contributed by atoms with Crippen molar-refractivity contribution in [1.29, 1.82) is 0 Å². The van der Waals surface area contributed by atoms with E-state index in [9.17, 15) is 4.79 Å². The zero-order chi connectivity index (χ0) is 22.3. The van der Waals surface area contributed by atoms with Crippen LogP contribution in [0.3, 0.4) is 0 Å². The highest BCUT2D eigenvalue weighted by Crippen LogP contribution is 2.30. The molecule has 0 radical (unpaired) electrons. The molecule has 0 unspecified atom stereocenters. The second kappa shape index (κ2) is 9.97. The van der Waals surface area contributed by atoms with Crippen LogP contribution in [0.5, 0.6) is 11.5 Å². The first kappa shape index (κ1) is 21.4. The molecule has 0 aliphatic rings. The lowest BCUT2D eigenvalue weighted by molar-refractivity contribution is -0.113. The Morgan fingerprint density at radius 1 is 1.00 bits per heavy atom. The van der Waals surface area contributed by atoms with Crippen LogP contribution in [0.4, 0.5) is 5.69 Å². The quantitative estimate of drug-likeness (QED) is 0.407. The molecular weight excluding hydrogens is 426 g/mol. The molecule has 4 rings (SSSR count). The number of para-hydroxylation sites is 1. The predicted octanol–water partition coefficient (Wildman–Crippen LogP) is 4.08. The molecule has 0 fully saturated rings. The molecule has 0 saturated carbocycles. The Morgan fingerprint density at radius 2 is 1.81 bits per heavy atom. The Hall–Kier alpha value is -3.85. The molecular formula is C23H21N5O3S. The third-order valence-electron chi connectivity index (χ3n) is 4.57. The van der Waals surface area contributed by atoms with E-state index < -0.39 is 0 Å². The Morgan fingerprint density at radius 3 is 2.53 bits per heavy atom. The Labute approximate surface area is 189 Å². The monoisotopic (exact) mass is 447 g/mol. The fourth-order valence-corrected chi connectivity index (χ4v) is 3.85. The van der Waals surface area contributed by atoms with Gasteiger partial charge < -0.3 is 14.8 Å². The van der Waals surface area contributed by atoms with Crippen molar-refractivity contribution in [2.24, 2.45) is 0 Å². The summed E-state index contributed by atoms with van der Waals surface area (Å²) in [5.41, 5.74) is 2.36. The van der Waals surface area contributed by atoms with E-state index >= 15 is 0 Å². The van der Waals surface area contributed by atoms with E-state index in [-0.39, 0.29) is 11.7 Å². The first-order valence-electron chi connectivity index (χ1n) is 9.75. The zero-order valence-corrected chi connectivity index (χ0v) is 18.4. The molecule has 2 aromatic carbocycles. The summed E-state index contributed by atoms with van der Waals surface area (Å²) in [4.78, 5) is 16.8. The van der Waals surface area contributed by atoms with Crippen LogP contribution in [-0.2, 0) is 4.79 Å². The van der Waals surface area contributed by atoms with Gasteiger partial charge in [-0.05, 0) is 36.4 Å². The highest BCUT2D eigenvalue weighted by atomic mass is 32.2. The van der Waals surface area contributed by atoms with E-state index in [2.05, 4.69) is 20.5 Å². The number of anilines is 1. The standard InChI is InChI=1S/C23H21N5O3S/c1-30-19-11-10-17(13-20(19)31-2)25-21(29)15-32-23-27-26-22(16-7-6-12-24-14-16)28(23)18-8-4-3-5-9-18/h3-14H,15H2,1-2H3,(H,25,29). The molecule has 1 N–H and O–H groups in total. The normalized spacial score (nSPS) is 10.6. The maximum absolute atomic E-state index is 12.6. The molecule has 0 bridgehead atoms. The first-order chi connectivity index (χ1) is 15.7. The van der Waals surface area contributed by atoms with Crippen molar-refractivity contribution in [3.05, 3.63) is 73.1 Å².